The lowest BCUT2D eigenvalue weighted by atomic mass is 10.1. The number of carbonyl (C=O) groups is 1. The van der Waals surface area contributed by atoms with Crippen molar-refractivity contribution >= 4 is 5.91 Å². The number of amides is 1. The number of nitrogens with zero attached hydrogens (tertiary/aromatic N) is 3. The first-order chi connectivity index (χ1) is 14.0. The van der Waals surface area contributed by atoms with E-state index >= 15 is 0 Å². The quantitative estimate of drug-likeness (QED) is 0.621. The van der Waals surface area contributed by atoms with Crippen LogP contribution in [0.15, 0.2) is 53.1 Å². The molecule has 7 heteroatoms. The van der Waals surface area contributed by atoms with E-state index in [9.17, 15) is 9.18 Å². The van der Waals surface area contributed by atoms with E-state index in [0.717, 1.165) is 16.9 Å². The van der Waals surface area contributed by atoms with Crippen LogP contribution < -0.4 is 4.74 Å². The van der Waals surface area contributed by atoms with Crippen LogP contribution in [0.1, 0.15) is 43.7 Å². The lowest BCUT2D eigenvalue weighted by Crippen LogP contribution is -2.28. The Bertz CT molecular complexity index is 985. The normalized spacial score (nSPS) is 17.6. The van der Waals surface area contributed by atoms with Crippen LogP contribution in [0.3, 0.4) is 0 Å². The Balaban J connectivity index is 1.47. The number of rotatable bonds is 6. The second-order valence-corrected chi connectivity index (χ2v) is 7.09. The molecule has 0 radical (unpaired) electrons. The summed E-state index contributed by atoms with van der Waals surface area (Å²) in [6.45, 7) is 4.96. The van der Waals surface area contributed by atoms with Gasteiger partial charge in [-0.25, -0.2) is 4.39 Å². The van der Waals surface area contributed by atoms with Gasteiger partial charge < -0.3 is 14.2 Å². The molecule has 0 bridgehead atoms. The van der Waals surface area contributed by atoms with Crippen molar-refractivity contribution in [2.24, 2.45) is 0 Å². The van der Waals surface area contributed by atoms with Crippen LogP contribution >= 0.6 is 0 Å². The molecule has 2 aromatic carbocycles. The Morgan fingerprint density at radius 2 is 1.93 bits per heavy atom. The van der Waals surface area contributed by atoms with Gasteiger partial charge in [-0.2, -0.15) is 4.98 Å². The fourth-order valence-corrected chi connectivity index (χ4v) is 3.58. The summed E-state index contributed by atoms with van der Waals surface area (Å²) in [5, 5.41) is 4.07. The molecule has 0 spiro atoms. The summed E-state index contributed by atoms with van der Waals surface area (Å²) in [4.78, 5) is 18.8. The fourth-order valence-electron chi connectivity index (χ4n) is 3.58. The van der Waals surface area contributed by atoms with E-state index in [2.05, 4.69) is 10.1 Å². The van der Waals surface area contributed by atoms with Crippen molar-refractivity contribution in [3.63, 3.8) is 0 Å². The van der Waals surface area contributed by atoms with Crippen molar-refractivity contribution in [2.45, 2.75) is 32.2 Å². The van der Waals surface area contributed by atoms with Gasteiger partial charge in [-0.15, -0.1) is 0 Å². The van der Waals surface area contributed by atoms with Gasteiger partial charge in [0.15, 0.2) is 0 Å². The third kappa shape index (κ3) is 3.99. The first-order valence-corrected chi connectivity index (χ1v) is 9.67. The Kier molecular flexibility index (Phi) is 5.29. The zero-order valence-corrected chi connectivity index (χ0v) is 16.3. The number of benzene rings is 2. The number of carbonyl (C=O) groups excluding carboxylic acids is 1. The minimum absolute atomic E-state index is 0.0210. The number of aromatic nitrogens is 2. The van der Waals surface area contributed by atoms with Gasteiger partial charge in [0.1, 0.15) is 11.6 Å². The van der Waals surface area contributed by atoms with Crippen molar-refractivity contribution in [3.8, 4) is 17.1 Å². The van der Waals surface area contributed by atoms with E-state index in [1.807, 2.05) is 38.1 Å². The highest BCUT2D eigenvalue weighted by Crippen LogP contribution is 2.34. The zero-order chi connectivity index (χ0) is 20.4. The molecule has 150 valence electrons. The number of halogens is 1. The third-order valence-electron chi connectivity index (χ3n) is 5.19. The Labute approximate surface area is 168 Å². The maximum Gasteiger partial charge on any atom is 0.232 e. The molecule has 0 N–H and O–H groups in total. The molecule has 1 fully saturated rings. The van der Waals surface area contributed by atoms with Crippen molar-refractivity contribution in [2.75, 3.05) is 13.2 Å². The smallest absolute Gasteiger partial charge is 0.232 e. The van der Waals surface area contributed by atoms with E-state index in [-0.39, 0.29) is 23.7 Å². The summed E-state index contributed by atoms with van der Waals surface area (Å²) in [7, 11) is 0. The molecule has 0 saturated carbocycles. The predicted octanol–water partition coefficient (Wildman–Crippen LogP) is 4.35. The molecule has 2 atom stereocenters. The van der Waals surface area contributed by atoms with Crippen molar-refractivity contribution in [1.82, 2.24) is 15.0 Å². The molecule has 2 heterocycles. The number of ether oxygens (including phenoxy) is 1. The van der Waals surface area contributed by atoms with Gasteiger partial charge >= 0.3 is 0 Å². The van der Waals surface area contributed by atoms with Crippen molar-refractivity contribution in [1.29, 1.82) is 0 Å². The predicted molar refractivity (Wildman–Crippen MR) is 105 cm³/mol. The van der Waals surface area contributed by atoms with Crippen LogP contribution in [0, 0.1) is 5.82 Å². The molecule has 1 saturated heterocycles. The monoisotopic (exact) mass is 395 g/mol. The highest BCUT2D eigenvalue weighted by atomic mass is 19.1. The number of likely N-dealkylation sites (tertiary alicyclic amines) is 1. The topological polar surface area (TPSA) is 68.5 Å². The molecular weight excluding hydrogens is 373 g/mol. The van der Waals surface area contributed by atoms with Gasteiger partial charge in [0.05, 0.1) is 18.6 Å². The average Bonchev–Trinajstić information content (AvgIpc) is 3.36. The van der Waals surface area contributed by atoms with Gasteiger partial charge in [0, 0.05) is 18.5 Å². The Hall–Kier alpha value is -3.22. The molecule has 6 nitrogen and oxygen atoms in total. The minimum Gasteiger partial charge on any atom is -0.494 e. The maximum atomic E-state index is 13.2. The van der Waals surface area contributed by atoms with E-state index in [1.165, 1.54) is 12.1 Å². The van der Waals surface area contributed by atoms with Crippen molar-refractivity contribution in [3.05, 3.63) is 65.8 Å². The van der Waals surface area contributed by atoms with Gasteiger partial charge in [0.2, 0.25) is 17.6 Å². The summed E-state index contributed by atoms with van der Waals surface area (Å²) in [5.74, 6) is 1.30. The van der Waals surface area contributed by atoms with E-state index in [4.69, 9.17) is 9.26 Å². The van der Waals surface area contributed by atoms with Gasteiger partial charge in [-0.1, -0.05) is 17.3 Å². The SMILES string of the molecule is CCOc1ccc(-c2noc(C3CC(=O)N(C(C)c4ccc(F)cc4)C3)n2)cc1. The van der Waals surface area contributed by atoms with Crippen molar-refractivity contribution < 1.29 is 18.4 Å². The summed E-state index contributed by atoms with van der Waals surface area (Å²) in [6.07, 6.45) is 0.316. The molecule has 0 aliphatic carbocycles. The summed E-state index contributed by atoms with van der Waals surface area (Å²) in [6, 6.07) is 13.6. The van der Waals surface area contributed by atoms with Gasteiger partial charge in [-0.05, 0) is 55.8 Å². The van der Waals surface area contributed by atoms with Gasteiger partial charge in [0.25, 0.3) is 0 Å². The molecular formula is C22H22FN3O3. The molecule has 1 aliphatic rings. The van der Waals surface area contributed by atoms with Crippen LogP contribution in [0.4, 0.5) is 4.39 Å². The Morgan fingerprint density at radius 1 is 1.21 bits per heavy atom. The van der Waals surface area contributed by atoms with E-state index < -0.39 is 0 Å². The number of hydrogen-bond acceptors (Lipinski definition) is 5. The highest BCUT2D eigenvalue weighted by Gasteiger charge is 2.37. The summed E-state index contributed by atoms with van der Waals surface area (Å²) >= 11 is 0. The fraction of sp³-hybridized carbons (Fsp3) is 0.318. The van der Waals surface area contributed by atoms with Crippen LogP contribution in [0.2, 0.25) is 0 Å². The Morgan fingerprint density at radius 3 is 2.62 bits per heavy atom. The minimum atomic E-state index is -0.292. The first kappa shape index (κ1) is 19.1. The van der Waals surface area contributed by atoms with Crippen LogP contribution in [-0.2, 0) is 4.79 Å². The van der Waals surface area contributed by atoms with Crippen LogP contribution in [-0.4, -0.2) is 34.1 Å². The van der Waals surface area contributed by atoms with E-state index in [0.29, 0.717) is 31.3 Å². The molecule has 3 aromatic rings. The largest absolute Gasteiger partial charge is 0.494 e. The first-order valence-electron chi connectivity index (χ1n) is 9.67. The molecule has 2 unspecified atom stereocenters. The third-order valence-corrected chi connectivity index (χ3v) is 5.19. The molecule has 1 amide bonds. The second kappa shape index (κ2) is 8.03. The zero-order valence-electron chi connectivity index (χ0n) is 16.3. The van der Waals surface area contributed by atoms with Crippen LogP contribution in [0.5, 0.6) is 5.75 Å². The lowest BCUT2D eigenvalue weighted by Gasteiger charge is -2.25. The summed E-state index contributed by atoms with van der Waals surface area (Å²) in [5.41, 5.74) is 1.71. The van der Waals surface area contributed by atoms with E-state index in [1.54, 1.807) is 17.0 Å². The standard InChI is InChI=1S/C22H22FN3O3/c1-3-28-19-10-6-16(7-11-19)21-24-22(29-25-21)17-12-20(27)26(13-17)14(2)15-4-8-18(23)9-5-15/h4-11,14,17H,3,12-13H2,1-2H3. The van der Waals surface area contributed by atoms with Crippen LogP contribution in [0.25, 0.3) is 11.4 Å². The lowest BCUT2D eigenvalue weighted by molar-refractivity contribution is -0.129. The average molecular weight is 395 g/mol. The molecule has 1 aromatic heterocycles. The molecule has 29 heavy (non-hydrogen) atoms. The summed E-state index contributed by atoms with van der Waals surface area (Å²) < 4.78 is 24.1. The maximum absolute atomic E-state index is 13.2. The molecule has 4 rings (SSSR count). The van der Waals surface area contributed by atoms with Gasteiger partial charge in [-0.3, -0.25) is 4.79 Å². The number of hydrogen-bond donors (Lipinski definition) is 0. The second-order valence-electron chi connectivity index (χ2n) is 7.09. The highest BCUT2D eigenvalue weighted by molar-refractivity contribution is 5.80. The molecule has 1 aliphatic heterocycles.